The summed E-state index contributed by atoms with van der Waals surface area (Å²) < 4.78 is 0. The Labute approximate surface area is 121 Å². The predicted octanol–water partition coefficient (Wildman–Crippen LogP) is 3.94. The molecule has 0 aliphatic heterocycles. The summed E-state index contributed by atoms with van der Waals surface area (Å²) in [6, 6.07) is 11.0. The number of pyridine rings is 1. The van der Waals surface area contributed by atoms with Crippen molar-refractivity contribution in [3.05, 3.63) is 53.2 Å². The summed E-state index contributed by atoms with van der Waals surface area (Å²) in [4.78, 5) is 6.42. The van der Waals surface area contributed by atoms with Crippen LogP contribution in [0.4, 0.5) is 11.5 Å². The third kappa shape index (κ3) is 3.50. The minimum Gasteiger partial charge on any atom is -0.377 e. The third-order valence-corrected chi connectivity index (χ3v) is 3.33. The highest BCUT2D eigenvalue weighted by Crippen LogP contribution is 2.22. The molecule has 0 saturated carbocycles. The second-order valence-electron chi connectivity index (χ2n) is 5.59. The Bertz CT molecular complexity index is 553. The number of anilines is 2. The van der Waals surface area contributed by atoms with Gasteiger partial charge in [-0.25, -0.2) is 4.98 Å². The largest absolute Gasteiger partial charge is 0.377 e. The number of aromatic nitrogens is 1. The van der Waals surface area contributed by atoms with Crippen LogP contribution < -0.4 is 10.2 Å². The summed E-state index contributed by atoms with van der Waals surface area (Å²) in [5.74, 6) is 0.967. The zero-order valence-corrected chi connectivity index (χ0v) is 12.9. The van der Waals surface area contributed by atoms with Gasteiger partial charge in [-0.15, -0.1) is 0 Å². The van der Waals surface area contributed by atoms with Crippen LogP contribution in [-0.2, 0) is 0 Å². The third-order valence-electron chi connectivity index (χ3n) is 3.33. The first-order valence-corrected chi connectivity index (χ1v) is 6.94. The molecule has 1 heterocycles. The van der Waals surface area contributed by atoms with E-state index in [2.05, 4.69) is 55.3 Å². The first kappa shape index (κ1) is 14.4. The molecule has 0 aliphatic carbocycles. The molecular formula is C17H23N3. The zero-order valence-electron chi connectivity index (χ0n) is 12.9. The second-order valence-corrected chi connectivity index (χ2v) is 5.59. The Hall–Kier alpha value is -2.03. The van der Waals surface area contributed by atoms with Gasteiger partial charge < -0.3 is 10.2 Å². The molecule has 0 bridgehead atoms. The predicted molar refractivity (Wildman–Crippen MR) is 86.5 cm³/mol. The van der Waals surface area contributed by atoms with Gasteiger partial charge in [0.15, 0.2) is 0 Å². The van der Waals surface area contributed by atoms with Crippen LogP contribution >= 0.6 is 0 Å². The van der Waals surface area contributed by atoms with Gasteiger partial charge in [0.05, 0.1) is 11.9 Å². The fourth-order valence-electron chi connectivity index (χ4n) is 2.33. The van der Waals surface area contributed by atoms with Crippen molar-refractivity contribution in [3.63, 3.8) is 0 Å². The maximum absolute atomic E-state index is 4.42. The quantitative estimate of drug-likeness (QED) is 0.911. The van der Waals surface area contributed by atoms with Crippen LogP contribution in [0.2, 0.25) is 0 Å². The lowest BCUT2D eigenvalue weighted by Crippen LogP contribution is -2.11. The first-order chi connectivity index (χ1) is 9.45. The highest BCUT2D eigenvalue weighted by Gasteiger charge is 2.07. The van der Waals surface area contributed by atoms with Gasteiger partial charge in [-0.1, -0.05) is 29.3 Å². The van der Waals surface area contributed by atoms with Crippen molar-refractivity contribution in [3.8, 4) is 0 Å². The number of aryl methyl sites for hydroxylation is 2. The number of nitrogens with zero attached hydrogens (tertiary/aromatic N) is 2. The number of hydrogen-bond donors (Lipinski definition) is 1. The molecule has 1 N–H and O–H groups in total. The SMILES string of the molecule is Cc1cc(C)cc(C(C)Nc2ccc(N(C)C)nc2)c1. The second kappa shape index (κ2) is 5.95. The topological polar surface area (TPSA) is 28.2 Å². The van der Waals surface area contributed by atoms with Crippen molar-refractivity contribution in [2.24, 2.45) is 0 Å². The van der Waals surface area contributed by atoms with E-state index < -0.39 is 0 Å². The van der Waals surface area contributed by atoms with Crippen LogP contribution in [0.1, 0.15) is 29.7 Å². The summed E-state index contributed by atoms with van der Waals surface area (Å²) in [6.45, 7) is 6.45. The Morgan fingerprint density at radius 3 is 2.20 bits per heavy atom. The molecule has 1 aromatic heterocycles. The molecule has 0 aliphatic rings. The van der Waals surface area contributed by atoms with Crippen molar-refractivity contribution in [1.82, 2.24) is 4.98 Å². The van der Waals surface area contributed by atoms with E-state index >= 15 is 0 Å². The van der Waals surface area contributed by atoms with E-state index in [4.69, 9.17) is 0 Å². The molecule has 1 atom stereocenters. The zero-order chi connectivity index (χ0) is 14.7. The molecular weight excluding hydrogens is 246 g/mol. The Kier molecular flexibility index (Phi) is 4.28. The van der Waals surface area contributed by atoms with Crippen LogP contribution in [0.5, 0.6) is 0 Å². The van der Waals surface area contributed by atoms with Crippen molar-refractivity contribution in [2.75, 3.05) is 24.3 Å². The van der Waals surface area contributed by atoms with E-state index in [1.165, 1.54) is 16.7 Å². The number of rotatable bonds is 4. The van der Waals surface area contributed by atoms with Gasteiger partial charge in [-0.3, -0.25) is 0 Å². The smallest absolute Gasteiger partial charge is 0.128 e. The minimum atomic E-state index is 0.264. The highest BCUT2D eigenvalue weighted by molar-refractivity contribution is 5.49. The van der Waals surface area contributed by atoms with Crippen molar-refractivity contribution in [2.45, 2.75) is 26.8 Å². The normalized spacial score (nSPS) is 12.1. The maximum Gasteiger partial charge on any atom is 0.128 e. The van der Waals surface area contributed by atoms with Crippen molar-refractivity contribution >= 4 is 11.5 Å². The summed E-state index contributed by atoms with van der Waals surface area (Å²) in [7, 11) is 3.99. The lowest BCUT2D eigenvalue weighted by molar-refractivity contribution is 0.878. The van der Waals surface area contributed by atoms with E-state index in [0.717, 1.165) is 11.5 Å². The van der Waals surface area contributed by atoms with Crippen LogP contribution in [-0.4, -0.2) is 19.1 Å². The van der Waals surface area contributed by atoms with Gasteiger partial charge in [-0.2, -0.15) is 0 Å². The molecule has 0 amide bonds. The molecule has 3 heteroatoms. The highest BCUT2D eigenvalue weighted by atomic mass is 15.1. The van der Waals surface area contributed by atoms with E-state index in [9.17, 15) is 0 Å². The molecule has 1 aromatic carbocycles. The summed E-state index contributed by atoms with van der Waals surface area (Å²) in [5, 5.41) is 3.50. The van der Waals surface area contributed by atoms with Gasteiger partial charge in [0.2, 0.25) is 0 Å². The molecule has 1 unspecified atom stereocenters. The van der Waals surface area contributed by atoms with Crippen LogP contribution in [0.3, 0.4) is 0 Å². The summed E-state index contributed by atoms with van der Waals surface area (Å²) >= 11 is 0. The lowest BCUT2D eigenvalue weighted by Gasteiger charge is -2.18. The van der Waals surface area contributed by atoms with E-state index in [1.54, 1.807) is 0 Å². The Morgan fingerprint density at radius 2 is 1.70 bits per heavy atom. The van der Waals surface area contributed by atoms with E-state index in [1.807, 2.05) is 31.3 Å². The minimum absolute atomic E-state index is 0.264. The van der Waals surface area contributed by atoms with E-state index in [0.29, 0.717) is 0 Å². The number of nitrogens with one attached hydrogen (secondary N) is 1. The molecule has 0 spiro atoms. The summed E-state index contributed by atoms with van der Waals surface area (Å²) in [5.41, 5.74) is 4.95. The Balaban J connectivity index is 2.12. The molecule has 0 saturated heterocycles. The number of hydrogen-bond acceptors (Lipinski definition) is 3. The van der Waals surface area contributed by atoms with Gasteiger partial charge in [-0.05, 0) is 38.5 Å². The van der Waals surface area contributed by atoms with Gasteiger partial charge in [0.25, 0.3) is 0 Å². The molecule has 0 fully saturated rings. The monoisotopic (exact) mass is 269 g/mol. The van der Waals surface area contributed by atoms with E-state index in [-0.39, 0.29) is 6.04 Å². The standard InChI is InChI=1S/C17H23N3/c1-12-8-13(2)10-15(9-12)14(3)19-16-6-7-17(18-11-16)20(4)5/h6-11,14,19H,1-5H3. The Morgan fingerprint density at radius 1 is 1.05 bits per heavy atom. The first-order valence-electron chi connectivity index (χ1n) is 6.94. The van der Waals surface area contributed by atoms with Crippen molar-refractivity contribution in [1.29, 1.82) is 0 Å². The average Bonchev–Trinajstić information content (AvgIpc) is 2.38. The van der Waals surface area contributed by atoms with Gasteiger partial charge in [0, 0.05) is 20.1 Å². The molecule has 0 radical (unpaired) electrons. The van der Waals surface area contributed by atoms with Crippen molar-refractivity contribution < 1.29 is 0 Å². The van der Waals surface area contributed by atoms with Crippen LogP contribution in [0, 0.1) is 13.8 Å². The average molecular weight is 269 g/mol. The lowest BCUT2D eigenvalue weighted by atomic mass is 10.0. The summed E-state index contributed by atoms with van der Waals surface area (Å²) in [6.07, 6.45) is 1.88. The van der Waals surface area contributed by atoms with Crippen LogP contribution in [0.15, 0.2) is 36.5 Å². The molecule has 20 heavy (non-hydrogen) atoms. The van der Waals surface area contributed by atoms with Gasteiger partial charge >= 0.3 is 0 Å². The maximum atomic E-state index is 4.42. The molecule has 2 aromatic rings. The fraction of sp³-hybridized carbons (Fsp3) is 0.353. The number of benzene rings is 1. The molecule has 3 nitrogen and oxygen atoms in total. The van der Waals surface area contributed by atoms with Gasteiger partial charge in [0.1, 0.15) is 5.82 Å². The molecule has 2 rings (SSSR count). The molecule has 106 valence electrons. The fourth-order valence-corrected chi connectivity index (χ4v) is 2.33. The van der Waals surface area contributed by atoms with Crippen LogP contribution in [0.25, 0.3) is 0 Å².